The van der Waals surface area contributed by atoms with E-state index < -0.39 is 28.6 Å². The van der Waals surface area contributed by atoms with E-state index >= 15 is 0 Å². The summed E-state index contributed by atoms with van der Waals surface area (Å²) in [5.74, 6) is 0.772. The standard InChI is InChI=1S/C17H25N5O7S/c1-8-12-7-18-16-19-10(4-9(22(12)16)5-13(8)29-30(24,25)26)15(23)11-6-14(27-2)21-17(20-11)28-3/h6,8-10,12-13,15,23H,4-5,7H2,1-3H3,(H,18,19)(H,24,25,26)/t8-,9+,10-,12-,13+,15+/m1/s1. The molecule has 2 fully saturated rings. The van der Waals surface area contributed by atoms with Crippen molar-refractivity contribution in [3.63, 3.8) is 0 Å². The number of hydrogen-bond acceptors (Lipinski definition) is 11. The van der Waals surface area contributed by atoms with Crippen LogP contribution in [-0.2, 0) is 14.6 Å². The van der Waals surface area contributed by atoms with Crippen LogP contribution in [0.5, 0.6) is 11.9 Å². The van der Waals surface area contributed by atoms with Crippen LogP contribution in [0.15, 0.2) is 11.1 Å². The van der Waals surface area contributed by atoms with Gasteiger partial charge in [-0.1, -0.05) is 6.92 Å². The summed E-state index contributed by atoms with van der Waals surface area (Å²) in [7, 11) is -1.68. The van der Waals surface area contributed by atoms with Gasteiger partial charge in [0.15, 0.2) is 5.96 Å². The number of nitrogens with zero attached hydrogens (tertiary/aromatic N) is 4. The van der Waals surface area contributed by atoms with E-state index in [0.717, 1.165) is 0 Å². The summed E-state index contributed by atoms with van der Waals surface area (Å²) in [6.45, 7) is 2.36. The topological polar surface area (TPSA) is 156 Å². The highest BCUT2D eigenvalue weighted by Crippen LogP contribution is 2.39. The predicted octanol–water partition coefficient (Wildman–Crippen LogP) is -0.474. The molecule has 12 nitrogen and oxygen atoms in total. The lowest BCUT2D eigenvalue weighted by atomic mass is 9.81. The number of rotatable bonds is 6. The van der Waals surface area contributed by atoms with E-state index in [1.54, 1.807) is 0 Å². The third kappa shape index (κ3) is 3.89. The van der Waals surface area contributed by atoms with Crippen molar-refractivity contribution in [2.75, 3.05) is 20.8 Å². The molecular formula is C17H25N5O7S. The number of aromatic nitrogens is 2. The van der Waals surface area contributed by atoms with Crippen molar-refractivity contribution >= 4 is 16.4 Å². The average Bonchev–Trinajstić information content (AvgIpc) is 3.14. The fourth-order valence-corrected chi connectivity index (χ4v) is 5.09. The van der Waals surface area contributed by atoms with E-state index in [9.17, 15) is 13.5 Å². The molecule has 1 aromatic heterocycles. The lowest BCUT2D eigenvalue weighted by molar-refractivity contribution is -0.00938. The number of aliphatic hydroxyl groups excluding tert-OH is 1. The number of hydrogen-bond donors (Lipinski definition) is 3. The van der Waals surface area contributed by atoms with Gasteiger partial charge in [0.05, 0.1) is 44.6 Å². The second-order valence-electron chi connectivity index (χ2n) is 7.70. The Labute approximate surface area is 174 Å². The fourth-order valence-electron chi connectivity index (χ4n) is 4.53. The van der Waals surface area contributed by atoms with Gasteiger partial charge in [0, 0.05) is 18.0 Å². The lowest BCUT2D eigenvalue weighted by Gasteiger charge is -2.50. The minimum Gasteiger partial charge on any atom is -0.481 e. The number of aliphatic hydroxyl groups is 1. The van der Waals surface area contributed by atoms with Gasteiger partial charge in [-0.05, 0) is 12.8 Å². The zero-order valence-electron chi connectivity index (χ0n) is 16.8. The van der Waals surface area contributed by atoms with Crippen molar-refractivity contribution in [2.45, 2.75) is 50.1 Å². The molecule has 3 N–H and O–H groups in total. The third-order valence-electron chi connectivity index (χ3n) is 5.98. The largest absolute Gasteiger partial charge is 0.481 e. The highest BCUT2D eigenvalue weighted by atomic mass is 32.3. The molecule has 3 aliphatic heterocycles. The van der Waals surface area contributed by atoms with Crippen molar-refractivity contribution in [1.82, 2.24) is 20.2 Å². The molecule has 0 unspecified atom stereocenters. The number of piperidine rings is 1. The van der Waals surface area contributed by atoms with Crippen LogP contribution in [0.1, 0.15) is 31.6 Å². The van der Waals surface area contributed by atoms with Gasteiger partial charge in [-0.25, -0.2) is 4.18 Å². The van der Waals surface area contributed by atoms with Gasteiger partial charge >= 0.3 is 16.4 Å². The third-order valence-corrected chi connectivity index (χ3v) is 6.48. The molecule has 2 saturated heterocycles. The smallest absolute Gasteiger partial charge is 0.397 e. The van der Waals surface area contributed by atoms with Crippen LogP contribution in [0.4, 0.5) is 0 Å². The van der Waals surface area contributed by atoms with Crippen LogP contribution < -0.4 is 14.8 Å². The van der Waals surface area contributed by atoms with E-state index in [2.05, 4.69) is 25.2 Å². The number of guanidine groups is 1. The molecule has 0 bridgehead atoms. The number of ether oxygens (including phenoxy) is 2. The van der Waals surface area contributed by atoms with Crippen LogP contribution in [0.3, 0.4) is 0 Å². The SMILES string of the molecule is COc1cc([C@@H](O)[C@H]2C[C@H]3C[C@H](OS(=O)(=O)O)[C@H](C)[C@H]4CN=C(N2)N34)nc(OC)n1. The van der Waals surface area contributed by atoms with Gasteiger partial charge in [-0.15, -0.1) is 0 Å². The Kier molecular flexibility index (Phi) is 5.46. The first-order valence-electron chi connectivity index (χ1n) is 9.60. The van der Waals surface area contributed by atoms with Gasteiger partial charge in [0.2, 0.25) is 5.88 Å². The molecule has 13 heteroatoms. The van der Waals surface area contributed by atoms with Crippen molar-refractivity contribution in [3.8, 4) is 11.9 Å². The zero-order chi connectivity index (χ0) is 21.6. The molecule has 3 aliphatic rings. The van der Waals surface area contributed by atoms with E-state index in [0.29, 0.717) is 31.0 Å². The summed E-state index contributed by atoms with van der Waals surface area (Å²) in [6.07, 6.45) is -0.822. The van der Waals surface area contributed by atoms with Crippen molar-refractivity contribution in [2.24, 2.45) is 10.9 Å². The van der Waals surface area contributed by atoms with Crippen molar-refractivity contribution in [3.05, 3.63) is 11.8 Å². The molecule has 1 aromatic rings. The zero-order valence-corrected chi connectivity index (χ0v) is 17.6. The maximum absolute atomic E-state index is 11.3. The summed E-state index contributed by atoms with van der Waals surface area (Å²) in [6, 6.07) is 1.01. The highest BCUT2D eigenvalue weighted by molar-refractivity contribution is 7.80. The van der Waals surface area contributed by atoms with Crippen LogP contribution >= 0.6 is 0 Å². The van der Waals surface area contributed by atoms with Crippen LogP contribution in [-0.4, -0.2) is 83.9 Å². The van der Waals surface area contributed by atoms with Gasteiger partial charge in [0.25, 0.3) is 0 Å². The van der Waals surface area contributed by atoms with Crippen LogP contribution in [0.25, 0.3) is 0 Å². The monoisotopic (exact) mass is 443 g/mol. The van der Waals surface area contributed by atoms with Crippen molar-refractivity contribution < 1.29 is 31.7 Å². The minimum atomic E-state index is -4.57. The molecule has 0 aliphatic carbocycles. The Hall–Kier alpha value is -2.22. The Morgan fingerprint density at radius 1 is 1.27 bits per heavy atom. The molecule has 6 atom stereocenters. The van der Waals surface area contributed by atoms with Gasteiger partial charge < -0.3 is 24.8 Å². The van der Waals surface area contributed by atoms with Crippen molar-refractivity contribution in [1.29, 1.82) is 0 Å². The maximum atomic E-state index is 11.3. The lowest BCUT2D eigenvalue weighted by Crippen LogP contribution is -2.65. The summed E-state index contributed by atoms with van der Waals surface area (Å²) < 4.78 is 46.9. The first kappa shape index (κ1) is 21.0. The number of methoxy groups -OCH3 is 2. The van der Waals surface area contributed by atoms with Gasteiger partial charge in [-0.3, -0.25) is 9.55 Å². The van der Waals surface area contributed by atoms with E-state index in [1.165, 1.54) is 20.3 Å². The van der Waals surface area contributed by atoms with Crippen LogP contribution in [0, 0.1) is 5.92 Å². The molecular weight excluding hydrogens is 418 g/mol. The summed E-state index contributed by atoms with van der Waals surface area (Å²) in [5.41, 5.74) is 0.328. The Morgan fingerprint density at radius 2 is 2.03 bits per heavy atom. The van der Waals surface area contributed by atoms with Crippen LogP contribution in [0.2, 0.25) is 0 Å². The second kappa shape index (κ2) is 7.80. The molecule has 0 amide bonds. The highest BCUT2D eigenvalue weighted by Gasteiger charge is 2.50. The fraction of sp³-hybridized carbons (Fsp3) is 0.706. The van der Waals surface area contributed by atoms with Gasteiger partial charge in [0.1, 0.15) is 6.10 Å². The summed E-state index contributed by atoms with van der Waals surface area (Å²) in [4.78, 5) is 14.9. The molecule has 0 saturated carbocycles. The molecule has 0 aromatic carbocycles. The molecule has 0 spiro atoms. The molecule has 0 radical (unpaired) electrons. The Bertz CT molecular complexity index is 920. The molecule has 30 heavy (non-hydrogen) atoms. The first-order chi connectivity index (χ1) is 14.2. The number of nitrogens with one attached hydrogen (secondary N) is 1. The minimum absolute atomic E-state index is 0.0460. The van der Waals surface area contributed by atoms with E-state index in [4.69, 9.17) is 18.2 Å². The predicted molar refractivity (Wildman–Crippen MR) is 104 cm³/mol. The molecule has 4 heterocycles. The number of aliphatic imine (C=N–C) groups is 1. The van der Waals surface area contributed by atoms with Gasteiger partial charge in [-0.2, -0.15) is 18.4 Å². The summed E-state index contributed by atoms with van der Waals surface area (Å²) in [5, 5.41) is 14.3. The average molecular weight is 443 g/mol. The second-order valence-corrected chi connectivity index (χ2v) is 8.75. The maximum Gasteiger partial charge on any atom is 0.397 e. The Morgan fingerprint density at radius 3 is 2.70 bits per heavy atom. The summed E-state index contributed by atoms with van der Waals surface area (Å²) >= 11 is 0. The molecule has 4 rings (SSSR count). The van der Waals surface area contributed by atoms with E-state index in [1.807, 2.05) is 6.92 Å². The normalized spacial score (nSPS) is 31.4. The first-order valence-corrected chi connectivity index (χ1v) is 11.0. The molecule has 166 valence electrons. The quantitative estimate of drug-likeness (QED) is 0.488. The Balaban J connectivity index is 1.57. The van der Waals surface area contributed by atoms with E-state index in [-0.39, 0.29) is 29.9 Å².